The van der Waals surface area contributed by atoms with Crippen molar-refractivity contribution in [3.8, 4) is 0 Å². The number of pyridine rings is 1. The highest BCUT2D eigenvalue weighted by molar-refractivity contribution is 5.99. The van der Waals surface area contributed by atoms with Crippen LogP contribution in [0.2, 0.25) is 0 Å². The minimum absolute atomic E-state index is 0.0344. The second kappa shape index (κ2) is 11.4. The molecule has 5 rings (SSSR count). The summed E-state index contributed by atoms with van der Waals surface area (Å²) in [6.45, 7) is 5.28. The number of benzene rings is 2. The summed E-state index contributed by atoms with van der Waals surface area (Å²) in [6, 6.07) is 18.0. The Morgan fingerprint density at radius 2 is 1.74 bits per heavy atom. The van der Waals surface area contributed by atoms with E-state index in [9.17, 15) is 14.4 Å². The minimum Gasteiger partial charge on any atom is -0.353 e. The molecule has 202 valence electrons. The number of hydrogen-bond acceptors (Lipinski definition) is 5. The van der Waals surface area contributed by atoms with Gasteiger partial charge in [0.2, 0.25) is 5.91 Å². The minimum atomic E-state index is -0.958. The molecule has 2 saturated heterocycles. The molecule has 2 aliphatic rings. The number of carbonyl (C=O) groups is 3. The van der Waals surface area contributed by atoms with Gasteiger partial charge in [-0.15, -0.1) is 0 Å². The van der Waals surface area contributed by atoms with Crippen LogP contribution in [0.1, 0.15) is 57.2 Å². The zero-order valence-electron chi connectivity index (χ0n) is 22.4. The maximum atomic E-state index is 13.9. The molecule has 1 N–H and O–H groups in total. The van der Waals surface area contributed by atoms with Crippen molar-refractivity contribution < 1.29 is 19.1 Å². The SMILES string of the molecule is CCc1ccc(C(=O)N2CCC3(CC2)OCC(C(=O)NCc2cccnc2)N3C(=O)c2cccc(C)c2)cc1. The molecule has 2 fully saturated rings. The van der Waals surface area contributed by atoms with Crippen LogP contribution in [0.15, 0.2) is 73.1 Å². The van der Waals surface area contributed by atoms with Gasteiger partial charge in [0.25, 0.3) is 11.8 Å². The first-order chi connectivity index (χ1) is 18.9. The van der Waals surface area contributed by atoms with Crippen molar-refractivity contribution >= 4 is 17.7 Å². The summed E-state index contributed by atoms with van der Waals surface area (Å²) in [4.78, 5) is 48.1. The fourth-order valence-electron chi connectivity index (χ4n) is 5.42. The Labute approximate surface area is 229 Å². The lowest BCUT2D eigenvalue weighted by atomic mass is 9.95. The van der Waals surface area contributed by atoms with Crippen LogP contribution in [-0.2, 0) is 22.5 Å². The molecule has 3 amide bonds. The molecule has 3 heterocycles. The van der Waals surface area contributed by atoms with E-state index in [0.717, 1.165) is 17.5 Å². The van der Waals surface area contributed by atoms with Crippen LogP contribution < -0.4 is 5.32 Å². The van der Waals surface area contributed by atoms with E-state index in [1.54, 1.807) is 28.3 Å². The maximum absolute atomic E-state index is 13.9. The van der Waals surface area contributed by atoms with Crippen LogP contribution in [0.3, 0.4) is 0 Å². The number of aryl methyl sites for hydroxylation is 2. The van der Waals surface area contributed by atoms with Gasteiger partial charge in [-0.3, -0.25) is 24.3 Å². The van der Waals surface area contributed by atoms with Gasteiger partial charge in [-0.2, -0.15) is 0 Å². The molecule has 8 heteroatoms. The van der Waals surface area contributed by atoms with Crippen molar-refractivity contribution in [2.75, 3.05) is 19.7 Å². The number of carbonyl (C=O) groups excluding carboxylic acids is 3. The number of aromatic nitrogens is 1. The molecule has 1 aromatic heterocycles. The summed E-state index contributed by atoms with van der Waals surface area (Å²) in [6.07, 6.45) is 5.15. The van der Waals surface area contributed by atoms with Crippen LogP contribution in [0.4, 0.5) is 0 Å². The van der Waals surface area contributed by atoms with Gasteiger partial charge in [0.15, 0.2) is 0 Å². The molecule has 1 unspecified atom stereocenters. The first-order valence-corrected chi connectivity index (χ1v) is 13.5. The van der Waals surface area contributed by atoms with Crippen LogP contribution in [0, 0.1) is 6.92 Å². The fourth-order valence-corrected chi connectivity index (χ4v) is 5.42. The van der Waals surface area contributed by atoms with Gasteiger partial charge in [-0.1, -0.05) is 42.8 Å². The molecule has 39 heavy (non-hydrogen) atoms. The second-order valence-corrected chi connectivity index (χ2v) is 10.2. The summed E-state index contributed by atoms with van der Waals surface area (Å²) in [5.41, 5.74) is 3.22. The molecule has 0 saturated carbocycles. The molecule has 1 spiro atoms. The fraction of sp³-hybridized carbons (Fsp3) is 0.355. The normalized spacial score (nSPS) is 18.3. The van der Waals surface area contributed by atoms with Crippen molar-refractivity contribution in [3.63, 3.8) is 0 Å². The van der Waals surface area contributed by atoms with Gasteiger partial charge >= 0.3 is 0 Å². The number of hydrogen-bond donors (Lipinski definition) is 1. The first-order valence-electron chi connectivity index (χ1n) is 13.5. The average molecular weight is 527 g/mol. The monoisotopic (exact) mass is 526 g/mol. The highest BCUT2D eigenvalue weighted by Gasteiger charge is 2.54. The molecule has 3 aromatic rings. The average Bonchev–Trinajstić information content (AvgIpc) is 3.34. The highest BCUT2D eigenvalue weighted by atomic mass is 16.5. The first kappa shape index (κ1) is 26.6. The Morgan fingerprint density at radius 3 is 2.41 bits per heavy atom. The molecule has 8 nitrogen and oxygen atoms in total. The maximum Gasteiger partial charge on any atom is 0.256 e. The van der Waals surface area contributed by atoms with Gasteiger partial charge in [-0.05, 0) is 54.8 Å². The molecular weight excluding hydrogens is 492 g/mol. The number of piperidine rings is 1. The van der Waals surface area contributed by atoms with E-state index in [4.69, 9.17) is 4.74 Å². The zero-order valence-corrected chi connectivity index (χ0v) is 22.4. The summed E-state index contributed by atoms with van der Waals surface area (Å²) in [5.74, 6) is -0.549. The lowest BCUT2D eigenvalue weighted by Crippen LogP contribution is -2.59. The third-order valence-electron chi connectivity index (χ3n) is 7.68. The van der Waals surface area contributed by atoms with Crippen LogP contribution in [-0.4, -0.2) is 64.0 Å². The largest absolute Gasteiger partial charge is 0.353 e. The number of rotatable bonds is 6. The molecule has 0 aliphatic carbocycles. The summed E-state index contributed by atoms with van der Waals surface area (Å²) < 4.78 is 6.31. The van der Waals surface area contributed by atoms with Crippen LogP contribution >= 0.6 is 0 Å². The van der Waals surface area contributed by atoms with Gasteiger partial charge in [0.05, 0.1) is 6.61 Å². The quantitative estimate of drug-likeness (QED) is 0.528. The van der Waals surface area contributed by atoms with E-state index in [0.29, 0.717) is 43.6 Å². The van der Waals surface area contributed by atoms with Gasteiger partial charge in [0.1, 0.15) is 11.8 Å². The Kier molecular flexibility index (Phi) is 7.74. The molecule has 2 aliphatic heterocycles. The molecule has 0 bridgehead atoms. The molecule has 2 aromatic carbocycles. The summed E-state index contributed by atoms with van der Waals surface area (Å²) in [7, 11) is 0. The summed E-state index contributed by atoms with van der Waals surface area (Å²) >= 11 is 0. The van der Waals surface area contributed by atoms with E-state index < -0.39 is 11.8 Å². The molecular formula is C31H34N4O4. The number of nitrogens with one attached hydrogen (secondary N) is 1. The van der Waals surface area contributed by atoms with E-state index >= 15 is 0 Å². The van der Waals surface area contributed by atoms with Crippen molar-refractivity contribution in [2.24, 2.45) is 0 Å². The lowest BCUT2D eigenvalue weighted by molar-refractivity contribution is -0.128. The van der Waals surface area contributed by atoms with Gasteiger partial charge in [-0.25, -0.2) is 0 Å². The Hall–Kier alpha value is -4.04. The predicted molar refractivity (Wildman–Crippen MR) is 147 cm³/mol. The smallest absolute Gasteiger partial charge is 0.256 e. The lowest BCUT2D eigenvalue weighted by Gasteiger charge is -2.44. The molecule has 1 atom stereocenters. The van der Waals surface area contributed by atoms with Crippen molar-refractivity contribution in [1.29, 1.82) is 0 Å². The van der Waals surface area contributed by atoms with Gasteiger partial charge in [0, 0.05) is 56.0 Å². The van der Waals surface area contributed by atoms with E-state index in [1.807, 2.05) is 61.5 Å². The third kappa shape index (κ3) is 5.56. The van der Waals surface area contributed by atoms with E-state index in [-0.39, 0.29) is 24.3 Å². The van der Waals surface area contributed by atoms with E-state index in [1.165, 1.54) is 5.56 Å². The standard InChI is InChI=1S/C31H34N4O4/c1-3-23-9-11-25(12-10-23)29(37)34-16-13-31(14-17-34)35(30(38)26-8-4-6-22(2)18-26)27(21-39-31)28(36)33-20-24-7-5-15-32-19-24/h4-12,15,18-19,27H,3,13-14,16-17,20-21H2,1-2H3,(H,33,36). The van der Waals surface area contributed by atoms with Crippen molar-refractivity contribution in [1.82, 2.24) is 20.1 Å². The Morgan fingerprint density at radius 1 is 0.974 bits per heavy atom. The number of nitrogens with zero attached hydrogens (tertiary/aromatic N) is 3. The van der Waals surface area contributed by atoms with Crippen LogP contribution in [0.25, 0.3) is 0 Å². The Bertz CT molecular complexity index is 1330. The summed E-state index contributed by atoms with van der Waals surface area (Å²) in [5, 5.41) is 2.95. The molecule has 0 radical (unpaired) electrons. The zero-order chi connectivity index (χ0) is 27.4. The highest BCUT2D eigenvalue weighted by Crippen LogP contribution is 2.39. The van der Waals surface area contributed by atoms with E-state index in [2.05, 4.69) is 17.2 Å². The van der Waals surface area contributed by atoms with Gasteiger partial charge < -0.3 is 15.0 Å². The van der Waals surface area contributed by atoms with Crippen LogP contribution in [0.5, 0.6) is 0 Å². The van der Waals surface area contributed by atoms with Crippen molar-refractivity contribution in [3.05, 3.63) is 101 Å². The predicted octanol–water partition coefficient (Wildman–Crippen LogP) is 3.74. The Balaban J connectivity index is 1.35. The third-order valence-corrected chi connectivity index (χ3v) is 7.68. The van der Waals surface area contributed by atoms with Crippen molar-refractivity contribution in [2.45, 2.75) is 51.4 Å². The topological polar surface area (TPSA) is 91.8 Å². The number of amides is 3. The number of ether oxygens (including phenoxy) is 1. The number of likely N-dealkylation sites (tertiary alicyclic amines) is 1. The second-order valence-electron chi connectivity index (χ2n) is 10.2.